The number of anilines is 1. The number of benzene rings is 1. The highest BCUT2D eigenvalue weighted by Gasteiger charge is 2.06. The molecule has 0 spiro atoms. The Morgan fingerprint density at radius 2 is 2.06 bits per heavy atom. The van der Waals surface area contributed by atoms with Gasteiger partial charge < -0.3 is 10.1 Å². The average molecular weight is 234 g/mol. The SMILES string of the molecule is COc1ccc(C(C)Nc2nccs2)cc1. The van der Waals surface area contributed by atoms with E-state index >= 15 is 0 Å². The first-order chi connectivity index (χ1) is 7.79. The largest absolute Gasteiger partial charge is 0.497 e. The quantitative estimate of drug-likeness (QED) is 0.881. The molecule has 0 aliphatic rings. The van der Waals surface area contributed by atoms with E-state index in [-0.39, 0.29) is 6.04 Å². The summed E-state index contributed by atoms with van der Waals surface area (Å²) in [6.45, 7) is 2.11. The fourth-order valence-corrected chi connectivity index (χ4v) is 2.07. The number of aromatic nitrogens is 1. The van der Waals surface area contributed by atoms with Crippen LogP contribution < -0.4 is 10.1 Å². The lowest BCUT2D eigenvalue weighted by atomic mass is 10.1. The molecule has 1 unspecified atom stereocenters. The number of thiazole rings is 1. The van der Waals surface area contributed by atoms with Crippen LogP contribution in [0.2, 0.25) is 0 Å². The van der Waals surface area contributed by atoms with Crippen LogP contribution >= 0.6 is 11.3 Å². The van der Waals surface area contributed by atoms with Gasteiger partial charge in [0.25, 0.3) is 0 Å². The van der Waals surface area contributed by atoms with Crippen molar-refractivity contribution in [2.45, 2.75) is 13.0 Å². The molecular weight excluding hydrogens is 220 g/mol. The molecule has 1 atom stereocenters. The molecule has 0 fully saturated rings. The topological polar surface area (TPSA) is 34.1 Å². The molecule has 1 aromatic carbocycles. The normalized spacial score (nSPS) is 12.1. The Balaban J connectivity index is 2.05. The molecular formula is C12H14N2OS. The van der Waals surface area contributed by atoms with E-state index in [0.717, 1.165) is 10.9 Å². The highest BCUT2D eigenvalue weighted by molar-refractivity contribution is 7.13. The third-order valence-electron chi connectivity index (χ3n) is 2.39. The highest BCUT2D eigenvalue weighted by Crippen LogP contribution is 2.22. The lowest BCUT2D eigenvalue weighted by Gasteiger charge is -2.13. The maximum Gasteiger partial charge on any atom is 0.183 e. The monoisotopic (exact) mass is 234 g/mol. The number of hydrogen-bond donors (Lipinski definition) is 1. The Kier molecular flexibility index (Phi) is 3.41. The minimum atomic E-state index is 0.247. The molecule has 3 nitrogen and oxygen atoms in total. The van der Waals surface area contributed by atoms with E-state index in [1.807, 2.05) is 17.5 Å². The summed E-state index contributed by atoms with van der Waals surface area (Å²) in [5.41, 5.74) is 1.22. The zero-order valence-corrected chi connectivity index (χ0v) is 10.1. The molecule has 4 heteroatoms. The first-order valence-electron chi connectivity index (χ1n) is 5.09. The van der Waals surface area contributed by atoms with Gasteiger partial charge in [-0.05, 0) is 24.6 Å². The van der Waals surface area contributed by atoms with E-state index < -0.39 is 0 Å². The summed E-state index contributed by atoms with van der Waals surface area (Å²) in [5, 5.41) is 6.25. The van der Waals surface area contributed by atoms with Crippen LogP contribution in [0.5, 0.6) is 5.75 Å². The second kappa shape index (κ2) is 4.99. The second-order valence-electron chi connectivity index (χ2n) is 3.48. The molecule has 0 saturated carbocycles. The van der Waals surface area contributed by atoms with E-state index in [0.29, 0.717) is 0 Å². The predicted molar refractivity (Wildman–Crippen MR) is 67.1 cm³/mol. The van der Waals surface area contributed by atoms with Crippen molar-refractivity contribution in [1.29, 1.82) is 0 Å². The molecule has 0 aliphatic heterocycles. The molecule has 2 rings (SSSR count). The van der Waals surface area contributed by atoms with Gasteiger partial charge in [-0.15, -0.1) is 11.3 Å². The number of methoxy groups -OCH3 is 1. The van der Waals surface area contributed by atoms with Crippen molar-refractivity contribution in [2.24, 2.45) is 0 Å². The Morgan fingerprint density at radius 1 is 1.31 bits per heavy atom. The fraction of sp³-hybridized carbons (Fsp3) is 0.250. The van der Waals surface area contributed by atoms with Crippen LogP contribution in [0.25, 0.3) is 0 Å². The van der Waals surface area contributed by atoms with Gasteiger partial charge in [0.1, 0.15) is 5.75 Å². The molecule has 0 bridgehead atoms. The summed E-state index contributed by atoms with van der Waals surface area (Å²) < 4.78 is 5.12. The summed E-state index contributed by atoms with van der Waals surface area (Å²) in [7, 11) is 1.67. The molecule has 0 aliphatic carbocycles. The number of rotatable bonds is 4. The van der Waals surface area contributed by atoms with Crippen LogP contribution in [0, 0.1) is 0 Å². The summed E-state index contributed by atoms with van der Waals surface area (Å²) in [6.07, 6.45) is 1.80. The minimum Gasteiger partial charge on any atom is -0.497 e. The number of nitrogens with one attached hydrogen (secondary N) is 1. The van der Waals surface area contributed by atoms with Gasteiger partial charge in [-0.25, -0.2) is 4.98 Å². The molecule has 1 heterocycles. The first kappa shape index (κ1) is 11.0. The Hall–Kier alpha value is -1.55. The molecule has 0 radical (unpaired) electrons. The fourth-order valence-electron chi connectivity index (χ4n) is 1.46. The van der Waals surface area contributed by atoms with Crippen LogP contribution in [-0.2, 0) is 0 Å². The lowest BCUT2D eigenvalue weighted by Crippen LogP contribution is -2.05. The van der Waals surface area contributed by atoms with Crippen LogP contribution in [-0.4, -0.2) is 12.1 Å². The van der Waals surface area contributed by atoms with Crippen molar-refractivity contribution in [1.82, 2.24) is 4.98 Å². The standard InChI is InChI=1S/C12H14N2OS/c1-9(14-12-13-7-8-16-12)10-3-5-11(15-2)6-4-10/h3-9H,1-2H3,(H,13,14). The first-order valence-corrected chi connectivity index (χ1v) is 5.97. The maximum absolute atomic E-state index is 5.12. The smallest absolute Gasteiger partial charge is 0.183 e. The highest BCUT2D eigenvalue weighted by atomic mass is 32.1. The third-order valence-corrected chi connectivity index (χ3v) is 3.09. The molecule has 0 amide bonds. The van der Waals surface area contributed by atoms with E-state index in [2.05, 4.69) is 29.4 Å². The number of nitrogens with zero attached hydrogens (tertiary/aromatic N) is 1. The van der Waals surface area contributed by atoms with E-state index in [1.165, 1.54) is 5.56 Å². The van der Waals surface area contributed by atoms with Crippen molar-refractivity contribution in [3.8, 4) is 5.75 Å². The van der Waals surface area contributed by atoms with Crippen LogP contribution in [0.3, 0.4) is 0 Å². The number of hydrogen-bond acceptors (Lipinski definition) is 4. The second-order valence-corrected chi connectivity index (χ2v) is 4.37. The van der Waals surface area contributed by atoms with Crippen molar-refractivity contribution in [3.05, 3.63) is 41.4 Å². The van der Waals surface area contributed by atoms with Crippen molar-refractivity contribution >= 4 is 16.5 Å². The summed E-state index contributed by atoms with van der Waals surface area (Å²) >= 11 is 1.61. The van der Waals surface area contributed by atoms with Crippen molar-refractivity contribution in [2.75, 3.05) is 12.4 Å². The van der Waals surface area contributed by atoms with Gasteiger partial charge in [-0.1, -0.05) is 12.1 Å². The predicted octanol–water partition coefficient (Wildman–Crippen LogP) is 3.32. The van der Waals surface area contributed by atoms with E-state index in [1.54, 1.807) is 24.6 Å². The molecule has 16 heavy (non-hydrogen) atoms. The summed E-state index contributed by atoms with van der Waals surface area (Å²) in [5.74, 6) is 0.880. The lowest BCUT2D eigenvalue weighted by molar-refractivity contribution is 0.414. The third kappa shape index (κ3) is 2.52. The van der Waals surface area contributed by atoms with Gasteiger partial charge in [-0.2, -0.15) is 0 Å². The van der Waals surface area contributed by atoms with Crippen LogP contribution in [0.15, 0.2) is 35.8 Å². The summed E-state index contributed by atoms with van der Waals surface area (Å²) in [4.78, 5) is 4.20. The zero-order chi connectivity index (χ0) is 11.4. The van der Waals surface area contributed by atoms with Gasteiger partial charge in [0, 0.05) is 11.6 Å². The zero-order valence-electron chi connectivity index (χ0n) is 9.31. The number of ether oxygens (including phenoxy) is 1. The minimum absolute atomic E-state index is 0.247. The van der Waals surface area contributed by atoms with Gasteiger partial charge >= 0.3 is 0 Å². The average Bonchev–Trinajstić information content (AvgIpc) is 2.82. The van der Waals surface area contributed by atoms with Crippen molar-refractivity contribution in [3.63, 3.8) is 0 Å². The Labute approximate surface area is 99.1 Å². The molecule has 1 aromatic heterocycles. The Bertz CT molecular complexity index is 425. The molecule has 0 saturated heterocycles. The van der Waals surface area contributed by atoms with E-state index in [9.17, 15) is 0 Å². The van der Waals surface area contributed by atoms with Gasteiger partial charge in [-0.3, -0.25) is 0 Å². The maximum atomic E-state index is 5.12. The molecule has 2 aromatic rings. The van der Waals surface area contributed by atoms with Gasteiger partial charge in [0.05, 0.1) is 13.2 Å². The summed E-state index contributed by atoms with van der Waals surface area (Å²) in [6, 6.07) is 8.30. The molecule has 1 N–H and O–H groups in total. The van der Waals surface area contributed by atoms with Crippen LogP contribution in [0.4, 0.5) is 5.13 Å². The van der Waals surface area contributed by atoms with Gasteiger partial charge in [0.15, 0.2) is 5.13 Å². The molecule has 84 valence electrons. The van der Waals surface area contributed by atoms with Crippen molar-refractivity contribution < 1.29 is 4.74 Å². The van der Waals surface area contributed by atoms with Gasteiger partial charge in [0.2, 0.25) is 0 Å². The van der Waals surface area contributed by atoms with E-state index in [4.69, 9.17) is 4.74 Å². The Morgan fingerprint density at radius 3 is 2.62 bits per heavy atom. The van der Waals surface area contributed by atoms with Crippen LogP contribution in [0.1, 0.15) is 18.5 Å².